The summed E-state index contributed by atoms with van der Waals surface area (Å²) in [6.07, 6.45) is 3.69. The molecule has 1 aliphatic heterocycles. The van der Waals surface area contributed by atoms with Crippen LogP contribution in [0.25, 0.3) is 5.65 Å². The smallest absolute Gasteiger partial charge is 0.266 e. The zero-order valence-corrected chi connectivity index (χ0v) is 17.7. The lowest BCUT2D eigenvalue weighted by molar-refractivity contribution is 0.0733. The summed E-state index contributed by atoms with van der Waals surface area (Å²) >= 11 is 1.34. The quantitative estimate of drug-likeness (QED) is 0.468. The number of rotatable bonds is 5. The van der Waals surface area contributed by atoms with Crippen molar-refractivity contribution in [1.82, 2.24) is 24.5 Å². The number of carbonyl (C=O) groups excluding carboxylic acids is 1. The predicted octanol–water partition coefficient (Wildman–Crippen LogP) is 4.19. The fraction of sp³-hybridized carbons (Fsp3) is 0.273. The van der Waals surface area contributed by atoms with Gasteiger partial charge in [-0.25, -0.2) is 9.37 Å². The summed E-state index contributed by atoms with van der Waals surface area (Å²) in [6.45, 7) is 2.73. The summed E-state index contributed by atoms with van der Waals surface area (Å²) < 4.78 is 20.7. The standard InChI is InChI=1S/C22H20FN5O2S/c1-14-20(31-19(24-14)13-30-16-9-7-15(23)8-10-16)22(29)27-12-4-5-17(27)21-26-25-18-6-2-3-11-28(18)21/h2-3,6-11,17H,4-5,12-13H2,1H3/t17-/m1/s1. The zero-order valence-electron chi connectivity index (χ0n) is 16.9. The maximum Gasteiger partial charge on any atom is 0.266 e. The second-order valence-corrected chi connectivity index (χ2v) is 8.49. The van der Waals surface area contributed by atoms with Gasteiger partial charge in [-0.2, -0.15) is 0 Å². The van der Waals surface area contributed by atoms with Crippen LogP contribution in [0.2, 0.25) is 0 Å². The SMILES string of the molecule is Cc1nc(COc2ccc(F)cc2)sc1C(=O)N1CCC[C@@H]1c1nnc2ccccn12. The Balaban J connectivity index is 1.35. The number of aryl methyl sites for hydroxylation is 1. The normalized spacial score (nSPS) is 16.2. The Bertz CT molecular complexity index is 1240. The second kappa shape index (κ2) is 8.07. The molecular weight excluding hydrogens is 417 g/mol. The number of nitrogens with zero attached hydrogens (tertiary/aromatic N) is 5. The van der Waals surface area contributed by atoms with Crippen LogP contribution in [-0.2, 0) is 6.61 Å². The predicted molar refractivity (Wildman–Crippen MR) is 114 cm³/mol. The van der Waals surface area contributed by atoms with Crippen LogP contribution in [-0.4, -0.2) is 36.9 Å². The number of fused-ring (bicyclic) bond motifs is 1. The van der Waals surface area contributed by atoms with Crippen molar-refractivity contribution in [2.24, 2.45) is 0 Å². The van der Waals surface area contributed by atoms with Crippen LogP contribution >= 0.6 is 11.3 Å². The first kappa shape index (κ1) is 19.6. The molecule has 1 amide bonds. The van der Waals surface area contributed by atoms with Gasteiger partial charge in [-0.05, 0) is 56.2 Å². The van der Waals surface area contributed by atoms with Crippen LogP contribution in [0.1, 0.15) is 45.1 Å². The monoisotopic (exact) mass is 437 g/mol. The molecule has 0 bridgehead atoms. The van der Waals surface area contributed by atoms with E-state index in [2.05, 4.69) is 15.2 Å². The van der Waals surface area contributed by atoms with Gasteiger partial charge in [-0.15, -0.1) is 21.5 Å². The van der Waals surface area contributed by atoms with Crippen LogP contribution in [0.3, 0.4) is 0 Å². The number of hydrogen-bond acceptors (Lipinski definition) is 6. The Morgan fingerprint density at radius 3 is 2.90 bits per heavy atom. The third kappa shape index (κ3) is 3.76. The molecule has 1 atom stereocenters. The molecule has 0 saturated carbocycles. The molecule has 1 aliphatic rings. The van der Waals surface area contributed by atoms with Crippen molar-refractivity contribution in [3.05, 3.63) is 75.9 Å². The summed E-state index contributed by atoms with van der Waals surface area (Å²) in [7, 11) is 0. The lowest BCUT2D eigenvalue weighted by Gasteiger charge is -2.23. The lowest BCUT2D eigenvalue weighted by atomic mass is 10.2. The number of aromatic nitrogens is 4. The molecule has 0 aliphatic carbocycles. The first-order valence-corrected chi connectivity index (χ1v) is 10.9. The van der Waals surface area contributed by atoms with Gasteiger partial charge in [0.15, 0.2) is 11.5 Å². The fourth-order valence-electron chi connectivity index (χ4n) is 3.88. The van der Waals surface area contributed by atoms with E-state index in [1.54, 1.807) is 12.1 Å². The van der Waals surface area contributed by atoms with Crippen LogP contribution in [0.5, 0.6) is 5.75 Å². The van der Waals surface area contributed by atoms with Crippen LogP contribution < -0.4 is 4.74 Å². The molecule has 0 spiro atoms. The zero-order chi connectivity index (χ0) is 21.4. The van der Waals surface area contributed by atoms with E-state index in [-0.39, 0.29) is 24.4 Å². The van der Waals surface area contributed by atoms with E-state index in [1.165, 1.54) is 23.5 Å². The first-order valence-electron chi connectivity index (χ1n) is 10.1. The van der Waals surface area contributed by atoms with E-state index >= 15 is 0 Å². The van der Waals surface area contributed by atoms with E-state index in [4.69, 9.17) is 4.74 Å². The first-order chi connectivity index (χ1) is 15.1. The molecule has 158 valence electrons. The van der Waals surface area contributed by atoms with Crippen LogP contribution in [0.15, 0.2) is 48.7 Å². The number of pyridine rings is 1. The van der Waals surface area contributed by atoms with Crippen LogP contribution in [0, 0.1) is 12.7 Å². The van der Waals surface area contributed by atoms with E-state index < -0.39 is 0 Å². The molecule has 0 unspecified atom stereocenters. The third-order valence-corrected chi connectivity index (χ3v) is 6.48. The summed E-state index contributed by atoms with van der Waals surface area (Å²) in [4.78, 5) is 20.4. The van der Waals surface area contributed by atoms with Crippen LogP contribution in [0.4, 0.5) is 4.39 Å². The Morgan fingerprint density at radius 2 is 2.06 bits per heavy atom. The number of likely N-dealkylation sites (tertiary alicyclic amines) is 1. The van der Waals surface area contributed by atoms with E-state index in [0.29, 0.717) is 27.9 Å². The molecule has 31 heavy (non-hydrogen) atoms. The summed E-state index contributed by atoms with van der Waals surface area (Å²) in [5, 5.41) is 9.30. The van der Waals surface area contributed by atoms with Crippen molar-refractivity contribution in [3.63, 3.8) is 0 Å². The number of carbonyl (C=O) groups is 1. The van der Waals surface area contributed by atoms with Crippen molar-refractivity contribution in [1.29, 1.82) is 0 Å². The highest BCUT2D eigenvalue weighted by Gasteiger charge is 2.35. The molecule has 1 aromatic carbocycles. The minimum atomic E-state index is -0.314. The third-order valence-electron chi connectivity index (χ3n) is 5.36. The minimum absolute atomic E-state index is 0.0433. The van der Waals surface area contributed by atoms with Crippen molar-refractivity contribution in [3.8, 4) is 5.75 Å². The van der Waals surface area contributed by atoms with Crippen molar-refractivity contribution in [2.75, 3.05) is 6.54 Å². The maximum absolute atomic E-state index is 13.4. The minimum Gasteiger partial charge on any atom is -0.486 e. The van der Waals surface area contributed by atoms with E-state index in [9.17, 15) is 9.18 Å². The molecule has 1 saturated heterocycles. The van der Waals surface area contributed by atoms with Gasteiger partial charge in [-0.1, -0.05) is 6.07 Å². The van der Waals surface area contributed by atoms with Gasteiger partial charge in [0.2, 0.25) is 0 Å². The Kier molecular flexibility index (Phi) is 5.11. The Labute approximate surface area is 182 Å². The molecule has 9 heteroatoms. The number of hydrogen-bond donors (Lipinski definition) is 0. The molecule has 3 aromatic heterocycles. The molecule has 4 aromatic rings. The molecular formula is C22H20FN5O2S. The number of halogens is 1. The highest BCUT2D eigenvalue weighted by molar-refractivity contribution is 7.13. The summed E-state index contributed by atoms with van der Waals surface area (Å²) in [6, 6.07) is 11.5. The molecule has 7 nitrogen and oxygen atoms in total. The van der Waals surface area contributed by atoms with Gasteiger partial charge in [0.1, 0.15) is 28.1 Å². The average molecular weight is 438 g/mol. The maximum atomic E-state index is 13.4. The molecule has 4 heterocycles. The van der Waals surface area contributed by atoms with Gasteiger partial charge in [-0.3, -0.25) is 9.20 Å². The van der Waals surface area contributed by atoms with Gasteiger partial charge in [0.05, 0.1) is 11.7 Å². The number of benzene rings is 1. The fourth-order valence-corrected chi connectivity index (χ4v) is 4.82. The molecule has 0 radical (unpaired) electrons. The number of amides is 1. The number of ether oxygens (including phenoxy) is 1. The largest absolute Gasteiger partial charge is 0.486 e. The highest BCUT2D eigenvalue weighted by Crippen LogP contribution is 2.34. The van der Waals surface area contributed by atoms with Gasteiger partial charge in [0.25, 0.3) is 5.91 Å². The van der Waals surface area contributed by atoms with Crippen molar-refractivity contribution in [2.45, 2.75) is 32.4 Å². The highest BCUT2D eigenvalue weighted by atomic mass is 32.1. The Morgan fingerprint density at radius 1 is 1.23 bits per heavy atom. The summed E-state index contributed by atoms with van der Waals surface area (Å²) in [5.41, 5.74) is 1.45. The van der Waals surface area contributed by atoms with E-state index in [0.717, 1.165) is 24.3 Å². The second-order valence-electron chi connectivity index (χ2n) is 7.41. The topological polar surface area (TPSA) is 72.6 Å². The van der Waals surface area contributed by atoms with Gasteiger partial charge < -0.3 is 9.64 Å². The van der Waals surface area contributed by atoms with Gasteiger partial charge in [0, 0.05) is 12.7 Å². The van der Waals surface area contributed by atoms with E-state index in [1.807, 2.05) is 40.6 Å². The average Bonchev–Trinajstić information content (AvgIpc) is 3.50. The lowest BCUT2D eigenvalue weighted by Crippen LogP contribution is -2.31. The molecule has 5 rings (SSSR count). The van der Waals surface area contributed by atoms with Crippen molar-refractivity contribution >= 4 is 22.9 Å². The number of thiazole rings is 1. The van der Waals surface area contributed by atoms with Crippen molar-refractivity contribution < 1.29 is 13.9 Å². The molecule has 0 N–H and O–H groups in total. The molecule has 1 fully saturated rings. The van der Waals surface area contributed by atoms with Gasteiger partial charge >= 0.3 is 0 Å². The summed E-state index contributed by atoms with van der Waals surface area (Å²) in [5.74, 6) is 0.980. The Hall–Kier alpha value is -3.33.